The van der Waals surface area contributed by atoms with Gasteiger partial charge in [-0.05, 0) is 55.2 Å². The van der Waals surface area contributed by atoms with Crippen molar-refractivity contribution in [2.24, 2.45) is 0 Å². The number of hydrogen-bond acceptors (Lipinski definition) is 8. The van der Waals surface area contributed by atoms with Crippen LogP contribution in [-0.2, 0) is 21.1 Å². The van der Waals surface area contributed by atoms with Crippen LogP contribution < -0.4 is 15.8 Å². The molecule has 13 heteroatoms. The molecule has 228 valence electrons. The lowest BCUT2D eigenvalue weighted by Crippen LogP contribution is -2.43. The van der Waals surface area contributed by atoms with Gasteiger partial charge in [-0.3, -0.25) is 0 Å². The number of nitrogens with one attached hydrogen (secondary N) is 1. The van der Waals surface area contributed by atoms with Crippen LogP contribution in [0.25, 0.3) is 10.9 Å². The predicted molar refractivity (Wildman–Crippen MR) is 155 cm³/mol. The Morgan fingerprint density at radius 2 is 1.93 bits per heavy atom. The molecule has 0 saturated carbocycles. The van der Waals surface area contributed by atoms with Crippen LogP contribution in [0.1, 0.15) is 18.5 Å². The summed E-state index contributed by atoms with van der Waals surface area (Å²) in [5.41, 5.74) is 7.32. The Bertz CT molecular complexity index is 1550. The number of alkyl halides is 3. The zero-order valence-corrected chi connectivity index (χ0v) is 24.3. The molecule has 1 saturated heterocycles. The van der Waals surface area contributed by atoms with Crippen molar-refractivity contribution in [3.63, 3.8) is 0 Å². The van der Waals surface area contributed by atoms with Crippen LogP contribution in [0.2, 0.25) is 0 Å². The number of likely N-dealkylation sites (tertiary alicyclic amines) is 1. The van der Waals surface area contributed by atoms with E-state index < -0.39 is 28.7 Å². The van der Waals surface area contributed by atoms with E-state index in [1.54, 1.807) is 25.3 Å². The van der Waals surface area contributed by atoms with Gasteiger partial charge in [0.2, 0.25) is 0 Å². The Labute approximate surface area is 243 Å². The first-order valence-corrected chi connectivity index (χ1v) is 15.3. The Balaban J connectivity index is 1.50. The van der Waals surface area contributed by atoms with Crippen LogP contribution in [0, 0.1) is 11.8 Å². The average molecular weight is 609 g/mol. The minimum atomic E-state index is -4.46. The first kappa shape index (κ1) is 31.5. The first-order valence-electron chi connectivity index (χ1n) is 13.4. The highest BCUT2D eigenvalue weighted by Crippen LogP contribution is 2.31. The number of nitrogens with zero attached hydrogens (tertiary/aromatic N) is 2. The molecule has 0 aliphatic carbocycles. The Morgan fingerprint density at radius 3 is 2.57 bits per heavy atom. The number of ether oxygens (including phenoxy) is 2. The fraction of sp³-hybridized carbons (Fsp3) is 0.448. The van der Waals surface area contributed by atoms with Gasteiger partial charge < -0.3 is 35.1 Å². The second kappa shape index (κ2) is 13.2. The van der Waals surface area contributed by atoms with Crippen LogP contribution in [0.3, 0.4) is 0 Å². The van der Waals surface area contributed by atoms with Gasteiger partial charge in [-0.15, -0.1) is 0 Å². The van der Waals surface area contributed by atoms with Gasteiger partial charge in [-0.1, -0.05) is 12.0 Å². The average Bonchev–Trinajstić information content (AvgIpc) is 3.24. The number of anilines is 2. The summed E-state index contributed by atoms with van der Waals surface area (Å²) in [6, 6.07) is 11.0. The third kappa shape index (κ3) is 8.32. The number of halogens is 3. The van der Waals surface area contributed by atoms with E-state index in [-0.39, 0.29) is 41.3 Å². The number of fused-ring (bicyclic) bond motifs is 1. The number of nitrogen functional groups attached to an aromatic ring is 1. The molecular weight excluding hydrogens is 573 g/mol. The van der Waals surface area contributed by atoms with E-state index in [9.17, 15) is 26.7 Å². The van der Waals surface area contributed by atoms with Crippen molar-refractivity contribution in [1.82, 2.24) is 9.47 Å². The van der Waals surface area contributed by atoms with E-state index in [0.717, 1.165) is 42.4 Å². The number of sulfone groups is 1. The molecule has 1 atom stereocenters. The molecule has 3 aromatic rings. The molecule has 42 heavy (non-hydrogen) atoms. The summed E-state index contributed by atoms with van der Waals surface area (Å²) in [6.45, 7) is 0.995. The second-order valence-electron chi connectivity index (χ2n) is 10.4. The summed E-state index contributed by atoms with van der Waals surface area (Å²) in [7, 11) is -1.89. The van der Waals surface area contributed by atoms with Gasteiger partial charge in [0.05, 0.1) is 34.5 Å². The summed E-state index contributed by atoms with van der Waals surface area (Å²) >= 11 is 0. The number of nitrogens with two attached hydrogens (primary N) is 1. The maximum atomic E-state index is 13.5. The molecule has 9 nitrogen and oxygen atoms in total. The first-order chi connectivity index (χ1) is 19.8. The zero-order chi connectivity index (χ0) is 30.5. The number of piperidine rings is 1. The fourth-order valence-corrected chi connectivity index (χ4v) is 5.67. The lowest BCUT2D eigenvalue weighted by Gasteiger charge is -2.34. The molecule has 0 spiro atoms. The third-order valence-corrected chi connectivity index (χ3v) is 8.09. The molecule has 4 rings (SSSR count). The van der Waals surface area contributed by atoms with Crippen molar-refractivity contribution >= 4 is 32.1 Å². The number of benzene rings is 2. The Hall–Kier alpha value is -3.44. The number of β-amino-alcohol motifs (C(OH)–C–C–N with tert-alkyl or cyclic N) is 1. The van der Waals surface area contributed by atoms with Gasteiger partial charge in [0.15, 0.2) is 9.84 Å². The van der Waals surface area contributed by atoms with Crippen LogP contribution in [-0.4, -0.2) is 87.5 Å². The molecule has 4 N–H and O–H groups in total. The van der Waals surface area contributed by atoms with E-state index in [1.165, 1.54) is 18.2 Å². The fourth-order valence-electron chi connectivity index (χ4n) is 5.02. The highest BCUT2D eigenvalue weighted by molar-refractivity contribution is 7.90. The minimum Gasteiger partial charge on any atom is -0.479 e. The maximum absolute atomic E-state index is 13.5. The number of aliphatic hydroxyl groups excluding tert-OH is 1. The SMILES string of the molecule is COCC(O)CN1CCC(Nc2cccc3c2cc(C#CCOc2ccc(S(C)(=O)=O)cc2N)n3CC(F)(F)F)CC1. The summed E-state index contributed by atoms with van der Waals surface area (Å²) in [6.07, 6.45) is -2.31. The van der Waals surface area contributed by atoms with E-state index in [4.69, 9.17) is 15.2 Å². The number of hydrogen-bond donors (Lipinski definition) is 3. The number of aliphatic hydroxyl groups is 1. The topological polar surface area (TPSA) is 119 Å². The van der Waals surface area contributed by atoms with E-state index in [0.29, 0.717) is 17.4 Å². The molecule has 1 unspecified atom stereocenters. The van der Waals surface area contributed by atoms with E-state index >= 15 is 0 Å². The predicted octanol–water partition coefficient (Wildman–Crippen LogP) is 3.50. The number of methoxy groups -OCH3 is 1. The van der Waals surface area contributed by atoms with Gasteiger partial charge >= 0.3 is 6.18 Å². The summed E-state index contributed by atoms with van der Waals surface area (Å²) < 4.78 is 75.7. The van der Waals surface area contributed by atoms with Gasteiger partial charge in [-0.25, -0.2) is 8.42 Å². The lowest BCUT2D eigenvalue weighted by atomic mass is 10.0. The van der Waals surface area contributed by atoms with Crippen molar-refractivity contribution < 1.29 is 36.2 Å². The smallest absolute Gasteiger partial charge is 0.406 e. The van der Waals surface area contributed by atoms with Crippen molar-refractivity contribution in [3.05, 3.63) is 48.2 Å². The van der Waals surface area contributed by atoms with Gasteiger partial charge in [-0.2, -0.15) is 13.2 Å². The maximum Gasteiger partial charge on any atom is 0.406 e. The standard InChI is InChI=1S/C29H35F3N4O5S/c1-40-18-22(37)17-35-12-10-20(11-13-35)34-26-6-3-7-27-24(26)15-21(36(27)19-29(30,31)32)5-4-14-41-28-9-8-23(16-25(28)33)42(2,38)39/h3,6-9,15-16,20,22,34,37H,10-14,17-19,33H2,1-2H3. The van der Waals surface area contributed by atoms with E-state index in [2.05, 4.69) is 22.1 Å². The minimum absolute atomic E-state index is 0.0472. The molecule has 2 aromatic carbocycles. The number of aromatic nitrogens is 1. The van der Waals surface area contributed by atoms with Crippen molar-refractivity contribution in [3.8, 4) is 17.6 Å². The molecule has 1 fully saturated rings. The summed E-state index contributed by atoms with van der Waals surface area (Å²) in [5.74, 6) is 5.77. The van der Waals surface area contributed by atoms with Crippen molar-refractivity contribution in [2.45, 2.75) is 42.6 Å². The quantitative estimate of drug-likeness (QED) is 0.237. The van der Waals surface area contributed by atoms with Gasteiger partial charge in [0.1, 0.15) is 18.9 Å². The van der Waals surface area contributed by atoms with Crippen LogP contribution in [0.5, 0.6) is 5.75 Å². The Kier molecular flexibility index (Phi) is 9.93. The normalized spacial score (nSPS) is 15.8. The van der Waals surface area contributed by atoms with Gasteiger partial charge in [0, 0.05) is 50.1 Å². The third-order valence-electron chi connectivity index (χ3n) is 6.98. The van der Waals surface area contributed by atoms with Crippen LogP contribution >= 0.6 is 0 Å². The van der Waals surface area contributed by atoms with Crippen LogP contribution in [0.4, 0.5) is 24.5 Å². The molecular formula is C29H35F3N4O5S. The zero-order valence-electron chi connectivity index (χ0n) is 23.4. The molecule has 1 aliphatic heterocycles. The highest BCUT2D eigenvalue weighted by Gasteiger charge is 2.30. The summed E-state index contributed by atoms with van der Waals surface area (Å²) in [5, 5.41) is 14.1. The summed E-state index contributed by atoms with van der Waals surface area (Å²) in [4.78, 5) is 2.22. The van der Waals surface area contributed by atoms with Gasteiger partial charge in [0.25, 0.3) is 0 Å². The van der Waals surface area contributed by atoms with Crippen LogP contribution in [0.15, 0.2) is 47.4 Å². The van der Waals surface area contributed by atoms with Crippen molar-refractivity contribution in [2.75, 3.05) is 57.3 Å². The Morgan fingerprint density at radius 1 is 1.19 bits per heavy atom. The molecule has 0 radical (unpaired) electrons. The molecule has 1 aromatic heterocycles. The second-order valence-corrected chi connectivity index (χ2v) is 12.4. The highest BCUT2D eigenvalue weighted by atomic mass is 32.2. The van der Waals surface area contributed by atoms with Crippen molar-refractivity contribution in [1.29, 1.82) is 0 Å². The molecule has 1 aliphatic rings. The van der Waals surface area contributed by atoms with E-state index in [1.807, 2.05) is 6.07 Å². The largest absolute Gasteiger partial charge is 0.479 e. The molecule has 2 heterocycles. The number of rotatable bonds is 10. The lowest BCUT2D eigenvalue weighted by molar-refractivity contribution is -0.140. The molecule has 0 amide bonds. The monoisotopic (exact) mass is 608 g/mol. The molecule has 0 bridgehead atoms.